The zero-order valence-electron chi connectivity index (χ0n) is 19.3. The Hall–Kier alpha value is -4.13. The van der Waals surface area contributed by atoms with E-state index in [0.717, 1.165) is 35.5 Å². The molecule has 7 heteroatoms. The number of anilines is 1. The van der Waals surface area contributed by atoms with Crippen LogP contribution in [0, 0.1) is 0 Å². The van der Waals surface area contributed by atoms with Crippen LogP contribution in [0.4, 0.5) is 5.69 Å². The second kappa shape index (κ2) is 8.91. The van der Waals surface area contributed by atoms with E-state index in [2.05, 4.69) is 14.9 Å². The summed E-state index contributed by atoms with van der Waals surface area (Å²) in [6, 6.07) is 18.4. The maximum absolute atomic E-state index is 13.4. The van der Waals surface area contributed by atoms with Crippen LogP contribution in [0.1, 0.15) is 40.2 Å². The van der Waals surface area contributed by atoms with Crippen molar-refractivity contribution in [2.24, 2.45) is 0 Å². The predicted molar refractivity (Wildman–Crippen MR) is 132 cm³/mol. The van der Waals surface area contributed by atoms with Gasteiger partial charge in [-0.25, -0.2) is 4.98 Å². The highest BCUT2D eigenvalue weighted by Crippen LogP contribution is 2.28. The minimum absolute atomic E-state index is 0.217. The summed E-state index contributed by atoms with van der Waals surface area (Å²) in [5, 5.41) is 3.02. The number of nitrogens with one attached hydrogen (secondary N) is 1. The van der Waals surface area contributed by atoms with E-state index in [9.17, 15) is 9.59 Å². The Morgan fingerprint density at radius 2 is 1.80 bits per heavy atom. The molecule has 0 radical (unpaired) electrons. The fourth-order valence-electron chi connectivity index (χ4n) is 5.11. The van der Waals surface area contributed by atoms with E-state index in [-0.39, 0.29) is 17.6 Å². The second-order valence-electron chi connectivity index (χ2n) is 9.15. The van der Waals surface area contributed by atoms with Gasteiger partial charge in [0.1, 0.15) is 11.9 Å². The van der Waals surface area contributed by atoms with Crippen LogP contribution in [-0.2, 0) is 30.7 Å². The molecule has 0 bridgehead atoms. The highest BCUT2D eigenvalue weighted by molar-refractivity contribution is 6.00. The van der Waals surface area contributed by atoms with Gasteiger partial charge in [-0.1, -0.05) is 24.3 Å². The third-order valence-corrected chi connectivity index (χ3v) is 6.96. The molecule has 6 rings (SSSR count). The molecule has 0 aliphatic carbocycles. The predicted octanol–water partition coefficient (Wildman–Crippen LogP) is 4.69. The van der Waals surface area contributed by atoms with Gasteiger partial charge in [-0.3, -0.25) is 9.59 Å². The molecule has 35 heavy (non-hydrogen) atoms. The number of amides is 2. The summed E-state index contributed by atoms with van der Waals surface area (Å²) >= 11 is 0. The lowest BCUT2D eigenvalue weighted by Gasteiger charge is -2.35. The summed E-state index contributed by atoms with van der Waals surface area (Å²) in [7, 11) is 0. The van der Waals surface area contributed by atoms with Gasteiger partial charge < -0.3 is 19.2 Å². The largest absolute Gasteiger partial charge is 0.459 e. The van der Waals surface area contributed by atoms with E-state index >= 15 is 0 Å². The normalized spacial score (nSPS) is 16.9. The third-order valence-electron chi connectivity index (χ3n) is 6.96. The molecular formula is C28H26N4O3. The average Bonchev–Trinajstić information content (AvgIpc) is 3.59. The van der Waals surface area contributed by atoms with Gasteiger partial charge in [-0.2, -0.15) is 0 Å². The molecule has 2 aliphatic rings. The molecule has 2 aromatic heterocycles. The van der Waals surface area contributed by atoms with Crippen molar-refractivity contribution in [3.05, 3.63) is 95.7 Å². The fraction of sp³-hybridized carbons (Fsp3) is 0.250. The van der Waals surface area contributed by atoms with Crippen molar-refractivity contribution in [1.82, 2.24) is 14.5 Å². The topological polar surface area (TPSA) is 80.4 Å². The molecule has 0 saturated heterocycles. The van der Waals surface area contributed by atoms with Crippen molar-refractivity contribution >= 4 is 17.5 Å². The highest BCUT2D eigenvalue weighted by Gasteiger charge is 2.36. The number of carbonyl (C=O) groups excluding carboxylic acids is 2. The minimum Gasteiger partial charge on any atom is -0.459 e. The summed E-state index contributed by atoms with van der Waals surface area (Å²) in [6.45, 7) is 1.35. The molecule has 0 fully saturated rings. The molecule has 0 saturated carbocycles. The Morgan fingerprint density at radius 3 is 2.60 bits per heavy atom. The van der Waals surface area contributed by atoms with Crippen molar-refractivity contribution in [2.45, 2.75) is 44.8 Å². The summed E-state index contributed by atoms with van der Waals surface area (Å²) in [6.07, 6.45) is 7.34. The quantitative estimate of drug-likeness (QED) is 0.473. The molecule has 4 heterocycles. The first-order valence-electron chi connectivity index (χ1n) is 12.0. The number of nitrogens with zero attached hydrogens (tertiary/aromatic N) is 3. The van der Waals surface area contributed by atoms with Crippen LogP contribution < -0.4 is 5.32 Å². The first kappa shape index (κ1) is 21.4. The molecule has 2 aromatic carbocycles. The second-order valence-corrected chi connectivity index (χ2v) is 9.15. The molecule has 2 aliphatic heterocycles. The Bertz CT molecular complexity index is 1370. The van der Waals surface area contributed by atoms with Crippen molar-refractivity contribution < 1.29 is 14.0 Å². The lowest BCUT2D eigenvalue weighted by molar-refractivity contribution is -0.121. The lowest BCUT2D eigenvalue weighted by Crippen LogP contribution is -2.50. The fourth-order valence-corrected chi connectivity index (χ4v) is 5.11. The minimum atomic E-state index is -0.638. The monoisotopic (exact) mass is 466 g/mol. The number of carbonyl (C=O) groups is 2. The molecule has 0 spiro atoms. The SMILES string of the molecule is O=C(Nc1ccc(-c2ncc3n2CCCC3)cc1)C1Cc2ccccc2CN1C(=O)c1ccco1. The number of imidazole rings is 1. The molecular weight excluding hydrogens is 440 g/mol. The smallest absolute Gasteiger partial charge is 0.290 e. The standard InChI is InChI=1S/C28H26N4O3/c33-27(30-22-12-10-19(11-13-22)26-29-17-23-8-3-4-14-31(23)26)24-16-20-6-1-2-7-21(20)18-32(24)28(34)25-9-5-15-35-25/h1-2,5-7,9-13,15,17,24H,3-4,8,14,16,18H2,(H,30,33). The zero-order valence-corrected chi connectivity index (χ0v) is 19.3. The summed E-state index contributed by atoms with van der Waals surface area (Å²) in [4.78, 5) is 32.8. The summed E-state index contributed by atoms with van der Waals surface area (Å²) in [5.74, 6) is 0.695. The van der Waals surface area contributed by atoms with Gasteiger partial charge in [0, 0.05) is 42.7 Å². The zero-order chi connectivity index (χ0) is 23.8. The number of fused-ring (bicyclic) bond motifs is 2. The van der Waals surface area contributed by atoms with Crippen LogP contribution in [0.5, 0.6) is 0 Å². The van der Waals surface area contributed by atoms with Crippen LogP contribution in [0.25, 0.3) is 11.4 Å². The molecule has 2 amide bonds. The van der Waals surface area contributed by atoms with E-state index < -0.39 is 6.04 Å². The number of aromatic nitrogens is 2. The van der Waals surface area contributed by atoms with E-state index in [1.54, 1.807) is 17.0 Å². The molecule has 1 N–H and O–H groups in total. The van der Waals surface area contributed by atoms with E-state index in [0.29, 0.717) is 18.7 Å². The van der Waals surface area contributed by atoms with Crippen molar-refractivity contribution in [3.8, 4) is 11.4 Å². The number of aryl methyl sites for hydroxylation is 1. The summed E-state index contributed by atoms with van der Waals surface area (Å²) in [5.41, 5.74) is 5.12. The molecule has 176 valence electrons. The number of hydrogen-bond acceptors (Lipinski definition) is 4. The maximum atomic E-state index is 13.4. The maximum Gasteiger partial charge on any atom is 0.290 e. The van der Waals surface area contributed by atoms with Gasteiger partial charge in [0.05, 0.1) is 6.26 Å². The third kappa shape index (κ3) is 4.03. The van der Waals surface area contributed by atoms with Crippen LogP contribution in [0.15, 0.2) is 77.5 Å². The average molecular weight is 467 g/mol. The molecule has 1 unspecified atom stereocenters. The number of furan rings is 1. The lowest BCUT2D eigenvalue weighted by atomic mass is 9.93. The Balaban J connectivity index is 1.23. The van der Waals surface area contributed by atoms with Crippen LogP contribution in [0.3, 0.4) is 0 Å². The van der Waals surface area contributed by atoms with E-state index in [1.807, 2.05) is 54.7 Å². The number of hydrogen-bond donors (Lipinski definition) is 1. The van der Waals surface area contributed by atoms with Gasteiger partial charge in [0.25, 0.3) is 5.91 Å². The van der Waals surface area contributed by atoms with Gasteiger partial charge in [-0.05, 0) is 66.8 Å². The van der Waals surface area contributed by atoms with Gasteiger partial charge in [-0.15, -0.1) is 0 Å². The molecule has 1 atom stereocenters. The highest BCUT2D eigenvalue weighted by atomic mass is 16.3. The van der Waals surface area contributed by atoms with Crippen molar-refractivity contribution in [2.75, 3.05) is 5.32 Å². The Morgan fingerprint density at radius 1 is 0.971 bits per heavy atom. The Kier molecular flexibility index (Phi) is 5.45. The first-order chi connectivity index (χ1) is 17.2. The number of rotatable bonds is 4. The van der Waals surface area contributed by atoms with E-state index in [1.165, 1.54) is 24.8 Å². The van der Waals surface area contributed by atoms with Crippen LogP contribution in [0.2, 0.25) is 0 Å². The van der Waals surface area contributed by atoms with Gasteiger partial charge in [0.2, 0.25) is 5.91 Å². The van der Waals surface area contributed by atoms with Crippen LogP contribution in [-0.4, -0.2) is 32.3 Å². The summed E-state index contributed by atoms with van der Waals surface area (Å²) < 4.78 is 7.63. The van der Waals surface area contributed by atoms with Crippen molar-refractivity contribution in [3.63, 3.8) is 0 Å². The number of benzene rings is 2. The van der Waals surface area contributed by atoms with Gasteiger partial charge in [0.15, 0.2) is 5.76 Å². The van der Waals surface area contributed by atoms with Crippen LogP contribution >= 0.6 is 0 Å². The first-order valence-corrected chi connectivity index (χ1v) is 12.0. The Labute approximate surface area is 203 Å². The molecule has 7 nitrogen and oxygen atoms in total. The van der Waals surface area contributed by atoms with E-state index in [4.69, 9.17) is 4.42 Å². The van der Waals surface area contributed by atoms with Crippen molar-refractivity contribution in [1.29, 1.82) is 0 Å². The molecule has 4 aromatic rings. The van der Waals surface area contributed by atoms with Gasteiger partial charge >= 0.3 is 0 Å².